The van der Waals surface area contributed by atoms with E-state index in [1.807, 2.05) is 0 Å². The SMILES string of the molecule is CCC1=CCNc2cccc(I)c21.[HH]. The van der Waals surface area contributed by atoms with Crippen LogP contribution >= 0.6 is 22.6 Å². The highest BCUT2D eigenvalue weighted by atomic mass is 127. The summed E-state index contributed by atoms with van der Waals surface area (Å²) >= 11 is 2.40. The van der Waals surface area contributed by atoms with Crippen LogP contribution in [0.5, 0.6) is 0 Å². The van der Waals surface area contributed by atoms with Crippen LogP contribution in [0.15, 0.2) is 24.3 Å². The van der Waals surface area contributed by atoms with Crippen molar-refractivity contribution in [2.45, 2.75) is 13.3 Å². The van der Waals surface area contributed by atoms with Gasteiger partial charge in [-0.1, -0.05) is 19.1 Å². The molecule has 0 atom stereocenters. The molecule has 1 aromatic carbocycles. The molecule has 1 aliphatic rings. The normalized spacial score (nSPS) is 14.5. The monoisotopic (exact) mass is 287 g/mol. The van der Waals surface area contributed by atoms with Gasteiger partial charge in [-0.3, -0.25) is 0 Å². The maximum atomic E-state index is 3.39. The Morgan fingerprint density at radius 1 is 1.54 bits per heavy atom. The molecular formula is C11H14IN. The third kappa shape index (κ3) is 1.59. The molecule has 0 aromatic heterocycles. The summed E-state index contributed by atoms with van der Waals surface area (Å²) < 4.78 is 1.34. The minimum absolute atomic E-state index is 0. The summed E-state index contributed by atoms with van der Waals surface area (Å²) in [5, 5.41) is 3.39. The Morgan fingerprint density at radius 3 is 3.15 bits per heavy atom. The summed E-state index contributed by atoms with van der Waals surface area (Å²) in [6, 6.07) is 6.42. The van der Waals surface area contributed by atoms with Gasteiger partial charge in [0.25, 0.3) is 0 Å². The zero-order valence-corrected chi connectivity index (χ0v) is 9.76. The number of hydrogen-bond donors (Lipinski definition) is 1. The van der Waals surface area contributed by atoms with E-state index in [2.05, 4.69) is 59.1 Å². The highest BCUT2D eigenvalue weighted by Gasteiger charge is 2.12. The highest BCUT2D eigenvalue weighted by molar-refractivity contribution is 14.1. The largest absolute Gasteiger partial charge is 0.381 e. The number of hydrogen-bond acceptors (Lipinski definition) is 1. The topological polar surface area (TPSA) is 12.0 Å². The molecule has 0 bridgehead atoms. The van der Waals surface area contributed by atoms with Gasteiger partial charge in [0.15, 0.2) is 0 Å². The lowest BCUT2D eigenvalue weighted by Gasteiger charge is -2.19. The van der Waals surface area contributed by atoms with Gasteiger partial charge in [0.05, 0.1) is 0 Å². The van der Waals surface area contributed by atoms with Crippen molar-refractivity contribution in [2.24, 2.45) is 0 Å². The van der Waals surface area contributed by atoms with E-state index < -0.39 is 0 Å². The molecule has 2 heteroatoms. The van der Waals surface area contributed by atoms with E-state index >= 15 is 0 Å². The van der Waals surface area contributed by atoms with Gasteiger partial charge < -0.3 is 5.32 Å². The number of halogens is 1. The van der Waals surface area contributed by atoms with Crippen LogP contribution in [-0.4, -0.2) is 6.54 Å². The average Bonchev–Trinajstić information content (AvgIpc) is 2.17. The van der Waals surface area contributed by atoms with Crippen molar-refractivity contribution in [3.63, 3.8) is 0 Å². The lowest BCUT2D eigenvalue weighted by Crippen LogP contribution is -2.08. The summed E-state index contributed by atoms with van der Waals surface area (Å²) in [5.41, 5.74) is 4.15. The molecule has 1 N–H and O–H groups in total. The van der Waals surface area contributed by atoms with Gasteiger partial charge in [0.1, 0.15) is 0 Å². The second-order valence-electron chi connectivity index (χ2n) is 3.13. The number of rotatable bonds is 1. The van der Waals surface area contributed by atoms with Gasteiger partial charge in [0, 0.05) is 22.8 Å². The molecule has 2 rings (SSSR count). The van der Waals surface area contributed by atoms with E-state index in [0.29, 0.717) is 0 Å². The van der Waals surface area contributed by atoms with Gasteiger partial charge in [-0.2, -0.15) is 0 Å². The Labute approximate surface area is 93.9 Å². The molecular weight excluding hydrogens is 273 g/mol. The van der Waals surface area contributed by atoms with E-state index in [9.17, 15) is 0 Å². The molecule has 1 aliphatic heterocycles. The van der Waals surface area contributed by atoms with E-state index in [-0.39, 0.29) is 1.43 Å². The van der Waals surface area contributed by atoms with Crippen LogP contribution in [0.3, 0.4) is 0 Å². The number of anilines is 1. The molecule has 0 aliphatic carbocycles. The van der Waals surface area contributed by atoms with Crippen LogP contribution in [0.1, 0.15) is 20.3 Å². The van der Waals surface area contributed by atoms with Crippen molar-refractivity contribution in [1.29, 1.82) is 0 Å². The number of benzene rings is 1. The Balaban J connectivity index is 0.000000980. The third-order valence-electron chi connectivity index (χ3n) is 2.36. The smallest absolute Gasteiger partial charge is 0.0429 e. The highest BCUT2D eigenvalue weighted by Crippen LogP contribution is 2.32. The van der Waals surface area contributed by atoms with Gasteiger partial charge in [-0.05, 0) is 46.7 Å². The summed E-state index contributed by atoms with van der Waals surface area (Å²) in [5.74, 6) is 0. The molecule has 0 saturated carbocycles. The number of allylic oxidation sites excluding steroid dienone is 1. The van der Waals surface area contributed by atoms with Crippen molar-refractivity contribution in [3.8, 4) is 0 Å². The van der Waals surface area contributed by atoms with Crippen molar-refractivity contribution in [3.05, 3.63) is 33.4 Å². The lowest BCUT2D eigenvalue weighted by atomic mass is 9.99. The Morgan fingerprint density at radius 2 is 2.38 bits per heavy atom. The first-order valence-corrected chi connectivity index (χ1v) is 5.62. The maximum Gasteiger partial charge on any atom is 0.0429 e. The molecule has 0 amide bonds. The van der Waals surface area contributed by atoms with Crippen LogP contribution < -0.4 is 5.32 Å². The first kappa shape index (κ1) is 9.06. The van der Waals surface area contributed by atoms with Crippen LogP contribution in [-0.2, 0) is 0 Å². The predicted octanol–water partition coefficient (Wildman–Crippen LogP) is 3.76. The van der Waals surface area contributed by atoms with Crippen LogP contribution in [0, 0.1) is 3.57 Å². The molecule has 0 saturated heterocycles. The quantitative estimate of drug-likeness (QED) is 0.776. The van der Waals surface area contributed by atoms with E-state index in [0.717, 1.165) is 13.0 Å². The fourth-order valence-electron chi connectivity index (χ4n) is 1.71. The Kier molecular flexibility index (Phi) is 2.58. The molecule has 0 fully saturated rings. The van der Waals surface area contributed by atoms with Crippen molar-refractivity contribution >= 4 is 33.9 Å². The first-order valence-electron chi connectivity index (χ1n) is 4.54. The second kappa shape index (κ2) is 3.70. The minimum atomic E-state index is 0. The average molecular weight is 287 g/mol. The lowest BCUT2D eigenvalue weighted by molar-refractivity contribution is 1.18. The standard InChI is InChI=1S/C11H12IN.H2/c1-2-8-6-7-13-10-5-3-4-9(12)11(8)10;/h3-6,13H,2,7H2,1H3;1H. The molecule has 70 valence electrons. The molecule has 1 aromatic rings. The molecule has 0 radical (unpaired) electrons. The molecule has 0 spiro atoms. The second-order valence-corrected chi connectivity index (χ2v) is 4.29. The van der Waals surface area contributed by atoms with Crippen LogP contribution in [0.2, 0.25) is 0 Å². The predicted molar refractivity (Wildman–Crippen MR) is 68.0 cm³/mol. The summed E-state index contributed by atoms with van der Waals surface area (Å²) in [4.78, 5) is 0. The van der Waals surface area contributed by atoms with Crippen LogP contribution in [0.25, 0.3) is 5.57 Å². The van der Waals surface area contributed by atoms with E-state index in [1.165, 1.54) is 20.4 Å². The summed E-state index contributed by atoms with van der Waals surface area (Å²) in [6.07, 6.45) is 3.40. The fraction of sp³-hybridized carbons (Fsp3) is 0.273. The van der Waals surface area contributed by atoms with E-state index in [1.54, 1.807) is 0 Å². The zero-order chi connectivity index (χ0) is 9.26. The third-order valence-corrected chi connectivity index (χ3v) is 3.26. The Bertz CT molecular complexity index is 360. The molecule has 1 nitrogen and oxygen atoms in total. The minimum Gasteiger partial charge on any atom is -0.381 e. The molecule has 1 heterocycles. The summed E-state index contributed by atoms with van der Waals surface area (Å²) in [7, 11) is 0. The van der Waals surface area contributed by atoms with Crippen molar-refractivity contribution < 1.29 is 1.43 Å². The molecule has 13 heavy (non-hydrogen) atoms. The first-order chi connectivity index (χ1) is 6.33. The van der Waals surface area contributed by atoms with Gasteiger partial charge in [0.2, 0.25) is 0 Å². The maximum absolute atomic E-state index is 3.39. The summed E-state index contributed by atoms with van der Waals surface area (Å²) in [6.45, 7) is 3.18. The number of fused-ring (bicyclic) bond motifs is 1. The van der Waals surface area contributed by atoms with Crippen molar-refractivity contribution in [2.75, 3.05) is 11.9 Å². The number of nitrogens with one attached hydrogen (secondary N) is 1. The van der Waals surface area contributed by atoms with E-state index in [4.69, 9.17) is 0 Å². The Hall–Kier alpha value is -0.510. The zero-order valence-electron chi connectivity index (χ0n) is 7.60. The van der Waals surface area contributed by atoms with Gasteiger partial charge in [-0.25, -0.2) is 0 Å². The van der Waals surface area contributed by atoms with Crippen LogP contribution in [0.4, 0.5) is 5.69 Å². The van der Waals surface area contributed by atoms with Gasteiger partial charge >= 0.3 is 0 Å². The van der Waals surface area contributed by atoms with Crippen molar-refractivity contribution in [1.82, 2.24) is 0 Å². The van der Waals surface area contributed by atoms with Gasteiger partial charge in [-0.15, -0.1) is 0 Å². The fourth-order valence-corrected chi connectivity index (χ4v) is 2.55. The molecule has 0 unspecified atom stereocenters.